The maximum atomic E-state index is 12.3. The summed E-state index contributed by atoms with van der Waals surface area (Å²) >= 11 is 1.74. The van der Waals surface area contributed by atoms with Crippen LogP contribution in [0.1, 0.15) is 25.0 Å². The quantitative estimate of drug-likeness (QED) is 0.848. The maximum absolute atomic E-state index is 12.3. The highest BCUT2D eigenvalue weighted by atomic mass is 32.2. The number of rotatable bonds is 3. The van der Waals surface area contributed by atoms with E-state index < -0.39 is 5.66 Å². The second-order valence-corrected chi connectivity index (χ2v) is 8.03. The summed E-state index contributed by atoms with van der Waals surface area (Å²) in [5.74, 6) is 0.0740. The Bertz CT molecular complexity index is 856. The molecule has 1 fully saturated rings. The highest BCUT2D eigenvalue weighted by molar-refractivity contribution is 7.98. The van der Waals surface area contributed by atoms with Gasteiger partial charge in [-0.3, -0.25) is 4.79 Å². The van der Waals surface area contributed by atoms with Gasteiger partial charge in [0.25, 0.3) is 0 Å². The van der Waals surface area contributed by atoms with E-state index >= 15 is 0 Å². The Hall–Kier alpha value is -2.20. The largest absolute Gasteiger partial charge is 0.335 e. The first-order valence-electron chi connectivity index (χ1n) is 8.49. The normalized spacial score (nSPS) is 23.6. The fourth-order valence-corrected chi connectivity index (χ4v) is 4.48. The van der Waals surface area contributed by atoms with Crippen molar-refractivity contribution in [2.75, 3.05) is 17.7 Å². The Kier molecular flexibility index (Phi) is 3.69. The predicted molar refractivity (Wildman–Crippen MR) is 105 cm³/mol. The second kappa shape index (κ2) is 5.67. The van der Waals surface area contributed by atoms with Gasteiger partial charge in [-0.25, -0.2) is 0 Å². The fourth-order valence-electron chi connectivity index (χ4n) is 4.07. The summed E-state index contributed by atoms with van der Waals surface area (Å²) in [5, 5.41) is 3.26. The number of thioether (sulfide) groups is 1. The van der Waals surface area contributed by atoms with Crippen LogP contribution in [0.5, 0.6) is 0 Å². The van der Waals surface area contributed by atoms with Crippen molar-refractivity contribution in [2.45, 2.75) is 29.8 Å². The van der Waals surface area contributed by atoms with E-state index in [-0.39, 0.29) is 11.3 Å². The Morgan fingerprint density at radius 1 is 1.12 bits per heavy atom. The first kappa shape index (κ1) is 16.3. The highest BCUT2D eigenvalue weighted by Crippen LogP contribution is 2.52. The van der Waals surface area contributed by atoms with E-state index in [9.17, 15) is 4.79 Å². The summed E-state index contributed by atoms with van der Waals surface area (Å²) < 4.78 is 0. The van der Waals surface area contributed by atoms with Crippen molar-refractivity contribution >= 4 is 29.4 Å². The van der Waals surface area contributed by atoms with Gasteiger partial charge in [0.05, 0.1) is 6.54 Å². The Morgan fingerprint density at radius 2 is 1.84 bits per heavy atom. The molecule has 4 heteroatoms. The smallest absolute Gasteiger partial charge is 0.241 e. The van der Waals surface area contributed by atoms with Gasteiger partial charge < -0.3 is 10.2 Å². The molecule has 0 bridgehead atoms. The molecule has 1 saturated heterocycles. The number of nitrogens with zero attached hydrogens (tertiary/aromatic N) is 1. The number of hydrogen-bond acceptors (Lipinski definition) is 3. The summed E-state index contributed by atoms with van der Waals surface area (Å²) in [7, 11) is 0. The molecular weight excluding hydrogens is 328 g/mol. The van der Waals surface area contributed by atoms with Crippen molar-refractivity contribution < 1.29 is 4.79 Å². The maximum Gasteiger partial charge on any atom is 0.241 e. The number of amides is 1. The van der Waals surface area contributed by atoms with Crippen LogP contribution in [0.4, 0.5) is 5.69 Å². The predicted octanol–water partition coefficient (Wildman–Crippen LogP) is 4.05. The lowest BCUT2D eigenvalue weighted by atomic mass is 9.75. The minimum Gasteiger partial charge on any atom is -0.335 e. The lowest BCUT2D eigenvalue weighted by molar-refractivity contribution is -0.118. The monoisotopic (exact) mass is 350 g/mol. The van der Waals surface area contributed by atoms with Gasteiger partial charge in [0.1, 0.15) is 5.66 Å². The molecule has 0 saturated carbocycles. The van der Waals surface area contributed by atoms with Crippen molar-refractivity contribution in [3.05, 3.63) is 65.7 Å². The molecule has 3 nitrogen and oxygen atoms in total. The molecule has 0 radical (unpaired) electrons. The standard InChI is InChI=1S/C21H22N2OS/c1-20(2)17-6-4-5-7-18(17)23-14-19(24)22-21(20,23)13-12-15-8-10-16(25-3)11-9-15/h4-13H,14H2,1-3H3,(H,22,24)/t21-/m1/s1. The third-order valence-electron chi connectivity index (χ3n) is 5.51. The summed E-state index contributed by atoms with van der Waals surface area (Å²) in [6.45, 7) is 4.81. The molecule has 1 amide bonds. The molecule has 2 aromatic rings. The van der Waals surface area contributed by atoms with Crippen LogP contribution in [0, 0.1) is 0 Å². The van der Waals surface area contributed by atoms with Crippen LogP contribution >= 0.6 is 11.8 Å². The van der Waals surface area contributed by atoms with Crippen molar-refractivity contribution in [3.63, 3.8) is 0 Å². The van der Waals surface area contributed by atoms with Crippen LogP contribution in [0.3, 0.4) is 0 Å². The molecule has 128 valence electrons. The van der Waals surface area contributed by atoms with Gasteiger partial charge in [-0.1, -0.05) is 50.3 Å². The van der Waals surface area contributed by atoms with Crippen molar-refractivity contribution in [1.82, 2.24) is 5.32 Å². The molecule has 0 spiro atoms. The molecular formula is C21H22N2OS. The number of para-hydroxylation sites is 1. The molecule has 0 aromatic heterocycles. The van der Waals surface area contributed by atoms with E-state index in [0.717, 1.165) is 11.3 Å². The highest BCUT2D eigenvalue weighted by Gasteiger charge is 2.59. The minimum atomic E-state index is -0.522. The molecule has 2 heterocycles. The first-order chi connectivity index (χ1) is 12.0. The molecule has 2 aliphatic rings. The molecule has 0 aliphatic carbocycles. The third-order valence-corrected chi connectivity index (χ3v) is 6.25. The Morgan fingerprint density at radius 3 is 2.56 bits per heavy atom. The van der Waals surface area contributed by atoms with Crippen molar-refractivity contribution in [2.24, 2.45) is 0 Å². The number of hydrogen-bond donors (Lipinski definition) is 1. The van der Waals surface area contributed by atoms with Gasteiger partial charge in [-0.05, 0) is 41.7 Å². The molecule has 2 aliphatic heterocycles. The lowest BCUT2D eigenvalue weighted by Gasteiger charge is -2.40. The summed E-state index contributed by atoms with van der Waals surface area (Å²) in [5.41, 5.74) is 2.82. The number of carbonyl (C=O) groups is 1. The fraction of sp³-hybridized carbons (Fsp3) is 0.286. The topological polar surface area (TPSA) is 32.3 Å². The molecule has 25 heavy (non-hydrogen) atoms. The third kappa shape index (κ3) is 2.31. The van der Waals surface area contributed by atoms with E-state index in [2.05, 4.69) is 84.9 Å². The molecule has 2 aromatic carbocycles. The van der Waals surface area contributed by atoms with Crippen LogP contribution in [0.2, 0.25) is 0 Å². The van der Waals surface area contributed by atoms with Crippen LogP contribution in [0.15, 0.2) is 59.5 Å². The molecule has 4 rings (SSSR count). The van der Waals surface area contributed by atoms with Gasteiger partial charge in [-0.15, -0.1) is 11.8 Å². The molecule has 0 unspecified atom stereocenters. The summed E-state index contributed by atoms with van der Waals surface area (Å²) in [4.78, 5) is 15.7. The van der Waals surface area contributed by atoms with Gasteiger partial charge >= 0.3 is 0 Å². The second-order valence-electron chi connectivity index (χ2n) is 7.15. The van der Waals surface area contributed by atoms with E-state index in [0.29, 0.717) is 6.54 Å². The number of nitrogens with one attached hydrogen (secondary N) is 1. The van der Waals surface area contributed by atoms with Gasteiger partial charge in [0.15, 0.2) is 0 Å². The summed E-state index contributed by atoms with van der Waals surface area (Å²) in [6.07, 6.45) is 6.36. The van der Waals surface area contributed by atoms with Crippen LogP contribution in [-0.2, 0) is 10.2 Å². The molecule has 1 N–H and O–H groups in total. The van der Waals surface area contributed by atoms with Gasteiger partial charge in [0.2, 0.25) is 5.91 Å². The van der Waals surface area contributed by atoms with E-state index in [1.165, 1.54) is 10.5 Å². The van der Waals surface area contributed by atoms with E-state index in [4.69, 9.17) is 0 Å². The van der Waals surface area contributed by atoms with Gasteiger partial charge in [0, 0.05) is 16.0 Å². The number of fused-ring (bicyclic) bond motifs is 3. The average Bonchev–Trinajstić information content (AvgIpc) is 3.05. The number of anilines is 1. The number of carbonyl (C=O) groups excluding carboxylic acids is 1. The van der Waals surface area contributed by atoms with Crippen LogP contribution < -0.4 is 10.2 Å². The first-order valence-corrected chi connectivity index (χ1v) is 9.72. The van der Waals surface area contributed by atoms with E-state index in [1.54, 1.807) is 11.8 Å². The van der Waals surface area contributed by atoms with Crippen molar-refractivity contribution in [1.29, 1.82) is 0 Å². The number of benzene rings is 2. The average molecular weight is 350 g/mol. The van der Waals surface area contributed by atoms with Crippen molar-refractivity contribution in [3.8, 4) is 0 Å². The Labute approximate surface area is 153 Å². The van der Waals surface area contributed by atoms with Crippen LogP contribution in [0.25, 0.3) is 6.08 Å². The van der Waals surface area contributed by atoms with Crippen LogP contribution in [-0.4, -0.2) is 24.4 Å². The zero-order valence-corrected chi connectivity index (χ0v) is 15.6. The minimum absolute atomic E-state index is 0.0740. The SMILES string of the molecule is CSc1ccc(C=C[C@@]23NC(=O)CN2c2ccccc2C3(C)C)cc1. The van der Waals surface area contributed by atoms with E-state index in [1.807, 2.05) is 6.07 Å². The zero-order valence-electron chi connectivity index (χ0n) is 14.7. The zero-order chi connectivity index (χ0) is 17.7. The molecule has 1 atom stereocenters. The van der Waals surface area contributed by atoms with Gasteiger partial charge in [-0.2, -0.15) is 0 Å². The Balaban J connectivity index is 1.78. The lowest BCUT2D eigenvalue weighted by Crippen LogP contribution is -2.58. The summed E-state index contributed by atoms with van der Waals surface area (Å²) in [6, 6.07) is 16.9.